The minimum atomic E-state index is -0.841. The fourth-order valence-electron chi connectivity index (χ4n) is 1.24. The van der Waals surface area contributed by atoms with E-state index in [2.05, 4.69) is 5.32 Å². The van der Waals surface area contributed by atoms with E-state index in [1.807, 2.05) is 0 Å². The van der Waals surface area contributed by atoms with Gasteiger partial charge in [-0.1, -0.05) is 6.07 Å². The predicted octanol–water partition coefficient (Wildman–Crippen LogP) is 0.965. The number of benzene rings is 1. The highest BCUT2D eigenvalue weighted by atomic mass is 16.5. The first kappa shape index (κ1) is 12.3. The molecule has 0 aliphatic rings. The van der Waals surface area contributed by atoms with Crippen LogP contribution in [-0.4, -0.2) is 29.8 Å². The minimum Gasteiger partial charge on any atom is -0.507 e. The molecule has 0 saturated carbocycles. The highest BCUT2D eigenvalue weighted by molar-refractivity contribution is 5.66. The van der Waals surface area contributed by atoms with Crippen molar-refractivity contribution in [2.75, 3.05) is 13.7 Å². The van der Waals surface area contributed by atoms with Gasteiger partial charge in [0, 0.05) is 24.7 Å². The summed E-state index contributed by atoms with van der Waals surface area (Å²) >= 11 is 0. The number of hydrogen-bond acceptors (Lipinski definition) is 4. The number of carbonyl (C=O) groups is 1. The monoisotopic (exact) mass is 225 g/mol. The fraction of sp³-hybridized carbons (Fsp3) is 0.364. The van der Waals surface area contributed by atoms with E-state index in [0.29, 0.717) is 24.4 Å². The van der Waals surface area contributed by atoms with E-state index in [1.54, 1.807) is 12.1 Å². The predicted molar refractivity (Wildman–Crippen MR) is 58.6 cm³/mol. The molecule has 0 bridgehead atoms. The number of phenolic OH excluding ortho intramolecular Hbond substituents is 1. The van der Waals surface area contributed by atoms with E-state index in [9.17, 15) is 9.90 Å². The Balaban J connectivity index is 2.45. The van der Waals surface area contributed by atoms with E-state index < -0.39 is 5.97 Å². The van der Waals surface area contributed by atoms with Gasteiger partial charge in [-0.3, -0.25) is 4.79 Å². The van der Waals surface area contributed by atoms with Gasteiger partial charge >= 0.3 is 5.97 Å². The van der Waals surface area contributed by atoms with Crippen molar-refractivity contribution in [1.29, 1.82) is 0 Å². The van der Waals surface area contributed by atoms with Crippen LogP contribution in [0.15, 0.2) is 18.2 Å². The highest BCUT2D eigenvalue weighted by Crippen LogP contribution is 2.22. The number of aliphatic carboxylic acids is 1. The second-order valence-corrected chi connectivity index (χ2v) is 3.32. The summed E-state index contributed by atoms with van der Waals surface area (Å²) in [5.41, 5.74) is 0.714. The van der Waals surface area contributed by atoms with Crippen LogP contribution in [0.1, 0.15) is 12.0 Å². The van der Waals surface area contributed by atoms with Crippen LogP contribution in [-0.2, 0) is 11.3 Å². The SMILES string of the molecule is COc1ccc(CNCCC(=O)O)c(O)c1. The molecule has 0 saturated heterocycles. The van der Waals surface area contributed by atoms with E-state index in [-0.39, 0.29) is 12.2 Å². The molecule has 1 aromatic carbocycles. The number of rotatable bonds is 6. The van der Waals surface area contributed by atoms with Gasteiger partial charge in [-0.2, -0.15) is 0 Å². The summed E-state index contributed by atoms with van der Waals surface area (Å²) in [6, 6.07) is 5.00. The number of carboxylic acid groups (broad SMARTS) is 1. The Morgan fingerprint density at radius 2 is 2.25 bits per heavy atom. The second kappa shape index (κ2) is 5.97. The van der Waals surface area contributed by atoms with Crippen LogP contribution in [0.2, 0.25) is 0 Å². The Morgan fingerprint density at radius 3 is 2.81 bits per heavy atom. The van der Waals surface area contributed by atoms with Crippen molar-refractivity contribution in [2.24, 2.45) is 0 Å². The summed E-state index contributed by atoms with van der Waals surface area (Å²) in [7, 11) is 1.53. The van der Waals surface area contributed by atoms with Crippen LogP contribution >= 0.6 is 0 Å². The molecule has 5 heteroatoms. The smallest absolute Gasteiger partial charge is 0.304 e. The Labute approximate surface area is 93.7 Å². The zero-order valence-corrected chi connectivity index (χ0v) is 9.06. The summed E-state index contributed by atoms with van der Waals surface area (Å²) in [6.45, 7) is 0.809. The van der Waals surface area contributed by atoms with Crippen molar-refractivity contribution in [1.82, 2.24) is 5.32 Å². The maximum Gasteiger partial charge on any atom is 0.304 e. The van der Waals surface area contributed by atoms with E-state index in [4.69, 9.17) is 9.84 Å². The molecule has 0 atom stereocenters. The molecular weight excluding hydrogens is 210 g/mol. The Kier molecular flexibility index (Phi) is 4.60. The molecule has 5 nitrogen and oxygen atoms in total. The van der Waals surface area contributed by atoms with Crippen molar-refractivity contribution in [3.8, 4) is 11.5 Å². The first-order valence-electron chi connectivity index (χ1n) is 4.92. The van der Waals surface area contributed by atoms with Crippen molar-refractivity contribution in [3.63, 3.8) is 0 Å². The van der Waals surface area contributed by atoms with Crippen LogP contribution in [0, 0.1) is 0 Å². The summed E-state index contributed by atoms with van der Waals surface area (Å²) in [5.74, 6) is -0.111. The molecule has 1 aromatic rings. The number of methoxy groups -OCH3 is 1. The number of carboxylic acids is 1. The molecule has 1 rings (SSSR count). The minimum absolute atomic E-state index is 0.0664. The molecule has 0 aromatic heterocycles. The van der Waals surface area contributed by atoms with Gasteiger partial charge in [0.2, 0.25) is 0 Å². The lowest BCUT2D eigenvalue weighted by atomic mass is 10.2. The largest absolute Gasteiger partial charge is 0.507 e. The van der Waals surface area contributed by atoms with E-state index in [0.717, 1.165) is 0 Å². The van der Waals surface area contributed by atoms with Gasteiger partial charge in [0.05, 0.1) is 13.5 Å². The molecule has 0 unspecified atom stereocenters. The Morgan fingerprint density at radius 1 is 1.50 bits per heavy atom. The summed E-state index contributed by atoms with van der Waals surface area (Å²) in [5, 5.41) is 21.0. The average Bonchev–Trinajstić information content (AvgIpc) is 2.25. The third-order valence-electron chi connectivity index (χ3n) is 2.12. The zero-order chi connectivity index (χ0) is 12.0. The molecule has 0 radical (unpaired) electrons. The molecule has 0 spiro atoms. The number of ether oxygens (including phenoxy) is 1. The molecule has 0 fully saturated rings. The summed E-state index contributed by atoms with van der Waals surface area (Å²) < 4.78 is 4.95. The third kappa shape index (κ3) is 3.78. The molecule has 0 heterocycles. The maximum absolute atomic E-state index is 10.3. The molecule has 0 aliphatic heterocycles. The van der Waals surface area contributed by atoms with Gasteiger partial charge in [-0.05, 0) is 6.07 Å². The van der Waals surface area contributed by atoms with Crippen molar-refractivity contribution in [3.05, 3.63) is 23.8 Å². The van der Waals surface area contributed by atoms with Crippen molar-refractivity contribution < 1.29 is 19.7 Å². The van der Waals surface area contributed by atoms with Crippen LogP contribution in [0.5, 0.6) is 11.5 Å². The Hall–Kier alpha value is -1.75. The van der Waals surface area contributed by atoms with Crippen molar-refractivity contribution >= 4 is 5.97 Å². The van der Waals surface area contributed by atoms with Crippen LogP contribution in [0.4, 0.5) is 0 Å². The number of nitrogens with one attached hydrogen (secondary N) is 1. The van der Waals surface area contributed by atoms with E-state index in [1.165, 1.54) is 13.2 Å². The van der Waals surface area contributed by atoms with Crippen LogP contribution in [0.3, 0.4) is 0 Å². The second-order valence-electron chi connectivity index (χ2n) is 3.32. The van der Waals surface area contributed by atoms with Gasteiger partial charge in [0.25, 0.3) is 0 Å². The van der Waals surface area contributed by atoms with Gasteiger partial charge in [-0.15, -0.1) is 0 Å². The Bertz CT molecular complexity index is 365. The summed E-state index contributed by atoms with van der Waals surface area (Å²) in [6.07, 6.45) is 0.0664. The number of aromatic hydroxyl groups is 1. The van der Waals surface area contributed by atoms with E-state index >= 15 is 0 Å². The average molecular weight is 225 g/mol. The highest BCUT2D eigenvalue weighted by Gasteiger charge is 2.03. The molecule has 88 valence electrons. The van der Waals surface area contributed by atoms with Gasteiger partial charge < -0.3 is 20.3 Å². The van der Waals surface area contributed by atoms with Gasteiger partial charge in [0.15, 0.2) is 0 Å². The number of hydrogen-bond donors (Lipinski definition) is 3. The molecule has 16 heavy (non-hydrogen) atoms. The van der Waals surface area contributed by atoms with Crippen LogP contribution < -0.4 is 10.1 Å². The van der Waals surface area contributed by atoms with Crippen LogP contribution in [0.25, 0.3) is 0 Å². The first-order chi connectivity index (χ1) is 7.63. The lowest BCUT2D eigenvalue weighted by Gasteiger charge is -2.07. The standard InChI is InChI=1S/C11H15NO4/c1-16-9-3-2-8(10(13)6-9)7-12-5-4-11(14)15/h2-3,6,12-13H,4-5,7H2,1H3,(H,14,15). The molecule has 0 aliphatic carbocycles. The lowest BCUT2D eigenvalue weighted by molar-refractivity contribution is -0.136. The topological polar surface area (TPSA) is 78.8 Å². The maximum atomic E-state index is 10.3. The van der Waals surface area contributed by atoms with Crippen molar-refractivity contribution in [2.45, 2.75) is 13.0 Å². The third-order valence-corrected chi connectivity index (χ3v) is 2.12. The normalized spacial score (nSPS) is 10.1. The quantitative estimate of drug-likeness (QED) is 0.628. The fourth-order valence-corrected chi connectivity index (χ4v) is 1.24. The first-order valence-corrected chi connectivity index (χ1v) is 4.92. The summed E-state index contributed by atoms with van der Waals surface area (Å²) in [4.78, 5) is 10.3. The van der Waals surface area contributed by atoms with Gasteiger partial charge in [0.1, 0.15) is 11.5 Å². The lowest BCUT2D eigenvalue weighted by Crippen LogP contribution is -2.17. The van der Waals surface area contributed by atoms with Gasteiger partial charge in [-0.25, -0.2) is 0 Å². The number of phenols is 1. The zero-order valence-electron chi connectivity index (χ0n) is 9.06. The molecular formula is C11H15NO4. The molecule has 3 N–H and O–H groups in total. The molecule has 0 amide bonds.